The summed E-state index contributed by atoms with van der Waals surface area (Å²) < 4.78 is 0. The lowest BCUT2D eigenvalue weighted by atomic mass is 9.94. The smallest absolute Gasteiger partial charge is 0.0874 e. The van der Waals surface area contributed by atoms with Gasteiger partial charge in [-0.2, -0.15) is 0 Å². The topological polar surface area (TPSA) is 44.6 Å². The van der Waals surface area contributed by atoms with Gasteiger partial charge in [-0.25, -0.2) is 0 Å². The van der Waals surface area contributed by atoms with Crippen molar-refractivity contribution in [1.29, 1.82) is 0 Å². The van der Waals surface area contributed by atoms with Gasteiger partial charge in [0.25, 0.3) is 0 Å². The van der Waals surface area contributed by atoms with Crippen molar-refractivity contribution in [2.45, 2.75) is 51.5 Å². The number of hydrogen-bond donors (Lipinski definition) is 1. The van der Waals surface area contributed by atoms with Crippen LogP contribution in [0.4, 0.5) is 0 Å². The zero-order valence-corrected chi connectivity index (χ0v) is 9.05. The summed E-state index contributed by atoms with van der Waals surface area (Å²) in [5.41, 5.74) is 0. The quantitative estimate of drug-likeness (QED) is 0.640. The number of carboxylic acids is 1. The molecule has 0 saturated heterocycles. The summed E-state index contributed by atoms with van der Waals surface area (Å²) in [5, 5.41) is 10.4. The number of quaternary nitrogens is 1. The Bertz CT molecular complexity index is 176. The molecule has 0 aromatic carbocycles. The van der Waals surface area contributed by atoms with Crippen molar-refractivity contribution in [3.05, 3.63) is 0 Å². The fourth-order valence-corrected chi connectivity index (χ4v) is 2.44. The molecule has 0 aliphatic heterocycles. The van der Waals surface area contributed by atoms with E-state index in [1.54, 1.807) is 0 Å². The Kier molecular flexibility index (Phi) is 4.94. The van der Waals surface area contributed by atoms with Crippen LogP contribution in [0.5, 0.6) is 0 Å². The standard InChI is InChI=1S/C11H21NO2/c1-2-12(9-8-11(13)14)10-6-4-3-5-7-10/h10H,2-9H2,1H3,(H,13,14). The minimum atomic E-state index is -0.910. The van der Waals surface area contributed by atoms with Crippen LogP contribution >= 0.6 is 0 Å². The van der Waals surface area contributed by atoms with Crippen LogP contribution in [-0.2, 0) is 4.79 Å². The molecule has 0 aromatic rings. The number of hydrogen-bond acceptors (Lipinski definition) is 2. The van der Waals surface area contributed by atoms with Crippen molar-refractivity contribution < 1.29 is 14.8 Å². The predicted octanol–water partition coefficient (Wildman–Crippen LogP) is -0.636. The number of rotatable bonds is 5. The fraction of sp³-hybridized carbons (Fsp3) is 0.909. The number of aliphatic carboxylic acids is 1. The Hall–Kier alpha value is -0.570. The Morgan fingerprint density at radius 2 is 2.00 bits per heavy atom. The molecule has 1 unspecified atom stereocenters. The van der Waals surface area contributed by atoms with E-state index in [2.05, 4.69) is 6.92 Å². The Balaban J connectivity index is 2.31. The summed E-state index contributed by atoms with van der Waals surface area (Å²) in [5.74, 6) is -0.910. The molecule has 1 aliphatic carbocycles. The highest BCUT2D eigenvalue weighted by atomic mass is 16.4. The molecule has 1 fully saturated rings. The van der Waals surface area contributed by atoms with Gasteiger partial charge in [0.2, 0.25) is 0 Å². The van der Waals surface area contributed by atoms with E-state index < -0.39 is 5.97 Å². The van der Waals surface area contributed by atoms with Crippen LogP contribution in [-0.4, -0.2) is 25.1 Å². The van der Waals surface area contributed by atoms with Crippen LogP contribution in [0.2, 0.25) is 0 Å². The SMILES string of the molecule is CC[NH+](CCC(=O)[O-])C1CCCCC1. The van der Waals surface area contributed by atoms with E-state index >= 15 is 0 Å². The molecule has 0 bridgehead atoms. The van der Waals surface area contributed by atoms with Gasteiger partial charge in [0.05, 0.1) is 19.1 Å². The van der Waals surface area contributed by atoms with Crippen molar-refractivity contribution in [1.82, 2.24) is 0 Å². The highest BCUT2D eigenvalue weighted by Gasteiger charge is 2.22. The van der Waals surface area contributed by atoms with Gasteiger partial charge in [0, 0.05) is 12.4 Å². The third-order valence-electron chi connectivity index (χ3n) is 3.29. The molecule has 3 nitrogen and oxygen atoms in total. The molecule has 0 radical (unpaired) electrons. The number of carbonyl (C=O) groups is 1. The highest BCUT2D eigenvalue weighted by molar-refractivity contribution is 5.64. The van der Waals surface area contributed by atoms with Crippen LogP contribution in [0.3, 0.4) is 0 Å². The van der Waals surface area contributed by atoms with E-state index in [9.17, 15) is 9.90 Å². The summed E-state index contributed by atoms with van der Waals surface area (Å²) in [7, 11) is 0. The average Bonchev–Trinajstić information content (AvgIpc) is 2.20. The van der Waals surface area contributed by atoms with Crippen molar-refractivity contribution >= 4 is 5.97 Å². The Morgan fingerprint density at radius 1 is 1.36 bits per heavy atom. The molecule has 0 heterocycles. The predicted molar refractivity (Wildman–Crippen MR) is 52.9 cm³/mol. The minimum Gasteiger partial charge on any atom is -0.550 e. The van der Waals surface area contributed by atoms with Crippen LogP contribution < -0.4 is 10.0 Å². The maximum atomic E-state index is 10.4. The summed E-state index contributed by atoms with van der Waals surface area (Å²) in [6.45, 7) is 3.92. The minimum absolute atomic E-state index is 0.208. The number of nitrogens with one attached hydrogen (secondary N) is 1. The zero-order valence-electron chi connectivity index (χ0n) is 9.05. The number of carboxylic acid groups (broad SMARTS) is 1. The lowest BCUT2D eigenvalue weighted by Gasteiger charge is -2.30. The Labute approximate surface area is 86.1 Å². The summed E-state index contributed by atoms with van der Waals surface area (Å²) in [6, 6.07) is 0.702. The molecule has 1 N–H and O–H groups in total. The maximum Gasteiger partial charge on any atom is 0.0874 e. The van der Waals surface area contributed by atoms with Gasteiger partial charge in [0.15, 0.2) is 0 Å². The second kappa shape index (κ2) is 6.02. The molecular weight excluding hydrogens is 178 g/mol. The molecule has 3 heteroatoms. The second-order valence-corrected chi connectivity index (χ2v) is 4.22. The van der Waals surface area contributed by atoms with Gasteiger partial charge in [-0.05, 0) is 32.6 Å². The lowest BCUT2D eigenvalue weighted by molar-refractivity contribution is -0.924. The molecule has 82 valence electrons. The monoisotopic (exact) mass is 199 g/mol. The average molecular weight is 199 g/mol. The van der Waals surface area contributed by atoms with Gasteiger partial charge >= 0.3 is 0 Å². The molecule has 1 aliphatic rings. The van der Waals surface area contributed by atoms with Gasteiger partial charge in [-0.1, -0.05) is 6.42 Å². The van der Waals surface area contributed by atoms with Gasteiger partial charge < -0.3 is 14.8 Å². The largest absolute Gasteiger partial charge is 0.550 e. The van der Waals surface area contributed by atoms with Crippen LogP contribution in [0.15, 0.2) is 0 Å². The number of carbonyl (C=O) groups excluding carboxylic acids is 1. The van der Waals surface area contributed by atoms with Crippen molar-refractivity contribution in [2.75, 3.05) is 13.1 Å². The summed E-state index contributed by atoms with van der Waals surface area (Å²) in [4.78, 5) is 11.8. The first-order valence-electron chi connectivity index (χ1n) is 5.78. The highest BCUT2D eigenvalue weighted by Crippen LogP contribution is 2.15. The first kappa shape index (κ1) is 11.5. The van der Waals surface area contributed by atoms with E-state index in [1.165, 1.54) is 37.0 Å². The first-order chi connectivity index (χ1) is 6.74. The first-order valence-corrected chi connectivity index (χ1v) is 5.78. The van der Waals surface area contributed by atoms with Crippen molar-refractivity contribution in [3.63, 3.8) is 0 Å². The van der Waals surface area contributed by atoms with Crippen LogP contribution in [0, 0.1) is 0 Å². The molecule has 0 spiro atoms. The summed E-state index contributed by atoms with van der Waals surface area (Å²) >= 11 is 0. The molecule has 0 aromatic heterocycles. The van der Waals surface area contributed by atoms with Crippen LogP contribution in [0.25, 0.3) is 0 Å². The van der Waals surface area contributed by atoms with Crippen molar-refractivity contribution in [2.24, 2.45) is 0 Å². The summed E-state index contributed by atoms with van der Waals surface area (Å²) in [6.07, 6.45) is 6.75. The van der Waals surface area contributed by atoms with E-state index in [-0.39, 0.29) is 6.42 Å². The molecule has 0 amide bonds. The Morgan fingerprint density at radius 3 is 2.50 bits per heavy atom. The third-order valence-corrected chi connectivity index (χ3v) is 3.29. The molecule has 1 saturated carbocycles. The third kappa shape index (κ3) is 3.66. The normalized spacial score (nSPS) is 20.6. The van der Waals surface area contributed by atoms with E-state index in [0.717, 1.165) is 13.1 Å². The molecule has 1 atom stereocenters. The van der Waals surface area contributed by atoms with E-state index in [1.807, 2.05) is 0 Å². The maximum absolute atomic E-state index is 10.4. The molecule has 14 heavy (non-hydrogen) atoms. The van der Waals surface area contributed by atoms with E-state index in [0.29, 0.717) is 6.04 Å². The van der Waals surface area contributed by atoms with Crippen LogP contribution in [0.1, 0.15) is 45.4 Å². The molecular formula is C11H21NO2. The second-order valence-electron chi connectivity index (χ2n) is 4.22. The van der Waals surface area contributed by atoms with Gasteiger partial charge in [0.1, 0.15) is 0 Å². The van der Waals surface area contributed by atoms with Gasteiger partial charge in [-0.3, -0.25) is 0 Å². The zero-order chi connectivity index (χ0) is 10.4. The fourth-order valence-electron chi connectivity index (χ4n) is 2.44. The van der Waals surface area contributed by atoms with Crippen molar-refractivity contribution in [3.8, 4) is 0 Å². The van der Waals surface area contributed by atoms with E-state index in [4.69, 9.17) is 0 Å². The lowest BCUT2D eigenvalue weighted by Crippen LogP contribution is -3.15. The molecule has 1 rings (SSSR count). The van der Waals surface area contributed by atoms with Gasteiger partial charge in [-0.15, -0.1) is 0 Å².